The van der Waals surface area contributed by atoms with Crippen LogP contribution in [0.5, 0.6) is 0 Å². The van der Waals surface area contributed by atoms with Crippen LogP contribution >= 0.6 is 0 Å². The predicted octanol–water partition coefficient (Wildman–Crippen LogP) is 3.11. The molecular formula is C19H24F3N3O4S. The second kappa shape index (κ2) is 8.94. The van der Waals surface area contributed by atoms with Crippen molar-refractivity contribution in [2.75, 3.05) is 11.9 Å². The van der Waals surface area contributed by atoms with Crippen LogP contribution in [0.25, 0.3) is 0 Å². The van der Waals surface area contributed by atoms with Gasteiger partial charge in [0.2, 0.25) is 5.88 Å². The fourth-order valence-electron chi connectivity index (χ4n) is 3.54. The summed E-state index contributed by atoms with van der Waals surface area (Å²) in [6.07, 6.45) is -3.76. The zero-order chi connectivity index (χ0) is 21.9. The molecule has 1 fully saturated rings. The molecule has 0 bridgehead atoms. The molecule has 1 saturated carbocycles. The summed E-state index contributed by atoms with van der Waals surface area (Å²) >= 11 is 0. The summed E-state index contributed by atoms with van der Waals surface area (Å²) in [6.45, 7) is 1.97. The fourth-order valence-corrected chi connectivity index (χ4v) is 5.38. The molecule has 166 valence electrons. The number of aryl methyl sites for hydroxylation is 1. The first-order chi connectivity index (χ1) is 14.1. The molecule has 1 atom stereocenters. The van der Waals surface area contributed by atoms with Gasteiger partial charge in [-0.3, -0.25) is 0 Å². The zero-order valence-corrected chi connectivity index (χ0v) is 17.1. The van der Waals surface area contributed by atoms with E-state index in [9.17, 15) is 26.7 Å². The number of aromatic nitrogens is 1. The molecule has 1 aromatic heterocycles. The van der Waals surface area contributed by atoms with Crippen LogP contribution in [0.15, 0.2) is 39.8 Å². The third-order valence-electron chi connectivity index (χ3n) is 5.14. The highest BCUT2D eigenvalue weighted by Gasteiger charge is 2.35. The van der Waals surface area contributed by atoms with Crippen molar-refractivity contribution in [3.05, 3.63) is 41.6 Å². The Kier molecular flexibility index (Phi) is 6.73. The lowest BCUT2D eigenvalue weighted by Crippen LogP contribution is -2.42. The van der Waals surface area contributed by atoms with Crippen molar-refractivity contribution in [2.45, 2.75) is 61.2 Å². The Labute approximate surface area is 172 Å². The minimum absolute atomic E-state index is 0.00544. The van der Waals surface area contributed by atoms with Gasteiger partial charge in [-0.2, -0.15) is 13.2 Å². The first kappa shape index (κ1) is 22.6. The van der Waals surface area contributed by atoms with Crippen molar-refractivity contribution < 1.29 is 31.2 Å². The highest BCUT2D eigenvalue weighted by atomic mass is 32.2. The minimum atomic E-state index is -4.59. The lowest BCUT2D eigenvalue weighted by molar-refractivity contribution is -0.137. The summed E-state index contributed by atoms with van der Waals surface area (Å²) in [5.41, 5.74) is -0.291. The molecule has 0 amide bonds. The SMILES string of the molecule is Cc1cc(NC(O)CNC2CCC(S(=O)(=O)c3cccc(C(F)(F)F)c3)CC2)on1. The lowest BCUT2D eigenvalue weighted by atomic mass is 9.95. The van der Waals surface area contributed by atoms with E-state index in [0.717, 1.165) is 12.1 Å². The largest absolute Gasteiger partial charge is 0.416 e. The smallest absolute Gasteiger partial charge is 0.372 e. The Hall–Kier alpha value is -2.11. The molecule has 1 aliphatic rings. The number of nitrogens with one attached hydrogen (secondary N) is 2. The quantitative estimate of drug-likeness (QED) is 0.560. The highest BCUT2D eigenvalue weighted by molar-refractivity contribution is 7.92. The van der Waals surface area contributed by atoms with Gasteiger partial charge in [0, 0.05) is 18.7 Å². The zero-order valence-electron chi connectivity index (χ0n) is 16.3. The van der Waals surface area contributed by atoms with Crippen molar-refractivity contribution in [3.63, 3.8) is 0 Å². The maximum absolute atomic E-state index is 12.9. The maximum atomic E-state index is 12.9. The Morgan fingerprint density at radius 1 is 1.23 bits per heavy atom. The molecule has 1 heterocycles. The van der Waals surface area contributed by atoms with Crippen molar-refractivity contribution in [1.29, 1.82) is 0 Å². The monoisotopic (exact) mass is 447 g/mol. The number of alkyl halides is 3. The Morgan fingerprint density at radius 3 is 2.53 bits per heavy atom. The second-order valence-electron chi connectivity index (χ2n) is 7.45. The maximum Gasteiger partial charge on any atom is 0.416 e. The topological polar surface area (TPSA) is 104 Å². The summed E-state index contributed by atoms with van der Waals surface area (Å²) < 4.78 is 69.2. The fraction of sp³-hybridized carbons (Fsp3) is 0.526. The van der Waals surface area contributed by atoms with E-state index in [0.29, 0.717) is 43.3 Å². The first-order valence-corrected chi connectivity index (χ1v) is 11.1. The van der Waals surface area contributed by atoms with Gasteiger partial charge in [-0.1, -0.05) is 11.2 Å². The Morgan fingerprint density at radius 2 is 1.93 bits per heavy atom. The van der Waals surface area contributed by atoms with Crippen LogP contribution in [0.1, 0.15) is 36.9 Å². The number of rotatable bonds is 7. The summed E-state index contributed by atoms with van der Waals surface area (Å²) in [4.78, 5) is -0.296. The van der Waals surface area contributed by atoms with E-state index < -0.39 is 33.1 Å². The average molecular weight is 447 g/mol. The summed E-state index contributed by atoms with van der Waals surface area (Å²) in [6, 6.07) is 5.54. The van der Waals surface area contributed by atoms with Gasteiger partial charge in [0.1, 0.15) is 6.23 Å². The third kappa shape index (κ3) is 5.52. The Balaban J connectivity index is 1.52. The van der Waals surface area contributed by atoms with Gasteiger partial charge < -0.3 is 20.3 Å². The molecule has 0 saturated heterocycles. The van der Waals surface area contributed by atoms with Gasteiger partial charge in [0.05, 0.1) is 21.4 Å². The number of sulfone groups is 1. The van der Waals surface area contributed by atoms with Crippen LogP contribution in [0.2, 0.25) is 0 Å². The van der Waals surface area contributed by atoms with Gasteiger partial charge in [-0.15, -0.1) is 0 Å². The van der Waals surface area contributed by atoms with E-state index >= 15 is 0 Å². The number of aliphatic hydroxyl groups excluding tert-OH is 1. The lowest BCUT2D eigenvalue weighted by Gasteiger charge is -2.29. The first-order valence-electron chi connectivity index (χ1n) is 9.58. The summed E-state index contributed by atoms with van der Waals surface area (Å²) in [5, 5.41) is 18.9. The van der Waals surface area contributed by atoms with Gasteiger partial charge in [0.15, 0.2) is 9.84 Å². The van der Waals surface area contributed by atoms with Crippen molar-refractivity contribution in [3.8, 4) is 0 Å². The molecular weight excluding hydrogens is 423 g/mol. The van der Waals surface area contributed by atoms with E-state index in [-0.39, 0.29) is 17.5 Å². The molecule has 3 rings (SSSR count). The van der Waals surface area contributed by atoms with Gasteiger partial charge >= 0.3 is 6.18 Å². The number of halogens is 3. The van der Waals surface area contributed by atoms with Crippen LogP contribution in [-0.4, -0.2) is 42.7 Å². The van der Waals surface area contributed by atoms with Gasteiger partial charge in [-0.05, 0) is 50.8 Å². The molecule has 3 N–H and O–H groups in total. The molecule has 0 spiro atoms. The number of hydrogen-bond donors (Lipinski definition) is 3. The standard InChI is InChI=1S/C19H24F3N3O4S/c1-12-9-18(29-25-12)24-17(26)11-23-14-5-7-15(8-6-14)30(27,28)16-4-2-3-13(10-16)19(20,21)22/h2-4,9-10,14-15,17,23-24,26H,5-8,11H2,1H3. The van der Waals surface area contributed by atoms with E-state index in [1.807, 2.05) is 0 Å². The van der Waals surface area contributed by atoms with Crippen LogP contribution in [-0.2, 0) is 16.0 Å². The van der Waals surface area contributed by atoms with Crippen LogP contribution in [0.4, 0.5) is 19.1 Å². The third-order valence-corrected chi connectivity index (χ3v) is 7.40. The number of benzene rings is 1. The minimum Gasteiger partial charge on any atom is -0.372 e. The number of hydrogen-bond acceptors (Lipinski definition) is 7. The van der Waals surface area contributed by atoms with Gasteiger partial charge in [-0.25, -0.2) is 8.42 Å². The van der Waals surface area contributed by atoms with E-state index in [4.69, 9.17) is 4.52 Å². The number of anilines is 1. The number of aliphatic hydroxyl groups is 1. The predicted molar refractivity (Wildman–Crippen MR) is 104 cm³/mol. The summed E-state index contributed by atoms with van der Waals surface area (Å²) in [5.74, 6) is 0.345. The molecule has 1 unspecified atom stereocenters. The molecule has 0 radical (unpaired) electrons. The molecule has 7 nitrogen and oxygen atoms in total. The second-order valence-corrected chi connectivity index (χ2v) is 9.67. The molecule has 1 aromatic carbocycles. The van der Waals surface area contributed by atoms with Crippen molar-refractivity contribution in [2.24, 2.45) is 0 Å². The molecule has 0 aliphatic heterocycles. The number of nitrogens with zero attached hydrogens (tertiary/aromatic N) is 1. The van der Waals surface area contributed by atoms with E-state index in [1.165, 1.54) is 6.07 Å². The van der Waals surface area contributed by atoms with E-state index in [1.54, 1.807) is 13.0 Å². The van der Waals surface area contributed by atoms with Crippen LogP contribution in [0.3, 0.4) is 0 Å². The van der Waals surface area contributed by atoms with Crippen molar-refractivity contribution in [1.82, 2.24) is 10.5 Å². The average Bonchev–Trinajstić information content (AvgIpc) is 3.10. The molecule has 30 heavy (non-hydrogen) atoms. The Bertz CT molecular complexity index is 954. The molecule has 1 aliphatic carbocycles. The van der Waals surface area contributed by atoms with Crippen LogP contribution < -0.4 is 10.6 Å². The van der Waals surface area contributed by atoms with E-state index in [2.05, 4.69) is 15.8 Å². The highest BCUT2D eigenvalue weighted by Crippen LogP contribution is 2.33. The molecule has 2 aromatic rings. The summed E-state index contributed by atoms with van der Waals surface area (Å²) in [7, 11) is -3.85. The molecule has 11 heteroatoms. The van der Waals surface area contributed by atoms with Gasteiger partial charge in [0.25, 0.3) is 0 Å². The van der Waals surface area contributed by atoms with Crippen LogP contribution in [0, 0.1) is 6.92 Å². The normalized spacial score (nSPS) is 21.4. The van der Waals surface area contributed by atoms with Crippen molar-refractivity contribution >= 4 is 15.7 Å².